The van der Waals surface area contributed by atoms with Crippen molar-refractivity contribution in [1.29, 1.82) is 0 Å². The summed E-state index contributed by atoms with van der Waals surface area (Å²) >= 11 is 0. The summed E-state index contributed by atoms with van der Waals surface area (Å²) in [7, 11) is 1.29. The predicted molar refractivity (Wildman–Crippen MR) is 89.1 cm³/mol. The maximum atomic E-state index is 10.9. The van der Waals surface area contributed by atoms with Crippen molar-refractivity contribution in [1.82, 2.24) is 0 Å². The van der Waals surface area contributed by atoms with E-state index in [2.05, 4.69) is 80.5 Å². The summed E-state index contributed by atoms with van der Waals surface area (Å²) in [5.41, 5.74) is 0. The molecule has 0 aromatic rings. The molecule has 0 radical (unpaired) electrons. The zero-order chi connectivity index (χ0) is 17.9. The Balaban J connectivity index is 4.25. The first-order valence-corrected chi connectivity index (χ1v) is 6.59. The van der Waals surface area contributed by atoms with Gasteiger partial charge in [-0.05, 0) is 72.2 Å². The highest BCUT2D eigenvalue weighted by Crippen LogP contribution is 1.79. The van der Waals surface area contributed by atoms with E-state index >= 15 is 0 Å². The third-order valence-electron chi connectivity index (χ3n) is 1.77. The third-order valence-corrected chi connectivity index (χ3v) is 1.77. The smallest absolute Gasteiger partial charge is 0.331 e. The van der Waals surface area contributed by atoms with Crippen molar-refractivity contribution >= 4 is 11.9 Å². The summed E-state index contributed by atoms with van der Waals surface area (Å²) in [6.45, 7) is 2.03. The molecule has 0 aliphatic carbocycles. The van der Waals surface area contributed by atoms with Crippen LogP contribution in [0.3, 0.4) is 0 Å². The van der Waals surface area contributed by atoms with Gasteiger partial charge >= 0.3 is 11.9 Å². The fourth-order valence-electron chi connectivity index (χ4n) is 0.861. The van der Waals surface area contributed by atoms with Crippen LogP contribution < -0.4 is 0 Å². The van der Waals surface area contributed by atoms with E-state index in [0.717, 1.165) is 0 Å². The van der Waals surface area contributed by atoms with E-state index in [1.807, 2.05) is 0 Å². The van der Waals surface area contributed by atoms with Crippen molar-refractivity contribution < 1.29 is 19.1 Å². The number of hydrogen-bond donors (Lipinski definition) is 0. The summed E-state index contributed by atoms with van der Waals surface area (Å²) in [6, 6.07) is 0. The lowest BCUT2D eigenvalue weighted by atomic mass is 10.4. The fourth-order valence-corrected chi connectivity index (χ4v) is 0.861. The first kappa shape index (κ1) is 20.0. The van der Waals surface area contributed by atoms with Gasteiger partial charge in [-0.3, -0.25) is 4.79 Å². The highest BCUT2D eigenvalue weighted by atomic mass is 16.5. The molecule has 0 unspecified atom stereocenters. The van der Waals surface area contributed by atoms with Crippen LogP contribution in [0.4, 0.5) is 0 Å². The number of ether oxygens (including phenoxy) is 2. The van der Waals surface area contributed by atoms with Crippen LogP contribution in [-0.4, -0.2) is 25.7 Å². The second kappa shape index (κ2) is 15.4. The van der Waals surface area contributed by atoms with Crippen molar-refractivity contribution in [2.24, 2.45) is 0 Å². The van der Waals surface area contributed by atoms with Gasteiger partial charge in [-0.25, -0.2) is 4.79 Å². The third kappa shape index (κ3) is 14.4. The second-order valence-electron chi connectivity index (χ2n) is 3.41. The van der Waals surface area contributed by atoms with Crippen molar-refractivity contribution in [2.75, 3.05) is 13.7 Å². The average molecular weight is 316 g/mol. The molecule has 0 bridgehead atoms. The van der Waals surface area contributed by atoms with E-state index in [4.69, 9.17) is 0 Å². The number of esters is 2. The fraction of sp³-hybridized carbons (Fsp3) is 0.200. The topological polar surface area (TPSA) is 52.6 Å². The first-order chi connectivity index (χ1) is 11.7. The maximum Gasteiger partial charge on any atom is 0.331 e. The lowest BCUT2D eigenvalue weighted by Gasteiger charge is -1.91. The number of hydrogen-bond acceptors (Lipinski definition) is 4. The Kier molecular flexibility index (Phi) is 12.9. The van der Waals surface area contributed by atoms with Crippen LogP contribution in [0.2, 0.25) is 0 Å². The van der Waals surface area contributed by atoms with E-state index in [1.54, 1.807) is 6.92 Å². The molecule has 0 heterocycles. The van der Waals surface area contributed by atoms with Crippen molar-refractivity contribution in [2.45, 2.75) is 13.3 Å². The summed E-state index contributed by atoms with van der Waals surface area (Å²) in [4.78, 5) is 21.6. The van der Waals surface area contributed by atoms with Crippen molar-refractivity contribution in [3.8, 4) is 71.0 Å². The molecule has 24 heavy (non-hydrogen) atoms. The van der Waals surface area contributed by atoms with Gasteiger partial charge < -0.3 is 9.47 Å². The summed E-state index contributed by atoms with van der Waals surface area (Å²) in [5.74, 6) is 28.8. The van der Waals surface area contributed by atoms with Gasteiger partial charge in [0.25, 0.3) is 0 Å². The molecule has 0 spiro atoms. The van der Waals surface area contributed by atoms with Crippen LogP contribution in [0, 0.1) is 71.0 Å². The number of methoxy groups -OCH3 is 1. The molecule has 0 N–H and O–H groups in total. The highest BCUT2D eigenvalue weighted by molar-refractivity contribution is 5.82. The molecule has 0 rings (SSSR count). The van der Waals surface area contributed by atoms with E-state index < -0.39 is 11.9 Å². The molecule has 0 saturated heterocycles. The van der Waals surface area contributed by atoms with E-state index in [1.165, 1.54) is 19.3 Å². The van der Waals surface area contributed by atoms with Crippen LogP contribution >= 0.6 is 0 Å². The quantitative estimate of drug-likeness (QED) is 0.437. The Morgan fingerprint density at radius 2 is 1.42 bits per heavy atom. The van der Waals surface area contributed by atoms with Crippen LogP contribution in [-0.2, 0) is 19.1 Å². The molecule has 0 atom stereocenters. The minimum atomic E-state index is -0.453. The second-order valence-corrected chi connectivity index (χ2v) is 3.41. The monoisotopic (exact) mass is 316 g/mol. The van der Waals surface area contributed by atoms with Gasteiger partial charge in [-0.1, -0.05) is 11.8 Å². The summed E-state index contributed by atoms with van der Waals surface area (Å²) < 4.78 is 9.07. The average Bonchev–Trinajstić information content (AvgIpc) is 2.58. The first-order valence-electron chi connectivity index (χ1n) is 6.59. The number of carbonyl (C=O) groups excluding carboxylic acids is 2. The van der Waals surface area contributed by atoms with Crippen LogP contribution in [0.15, 0.2) is 12.2 Å². The molecule has 0 aromatic heterocycles. The SMILES string of the molecule is CCOC(=O)C=CC#CC#CC#CC#CC#CC#CCC(=O)OC. The molecule has 0 aliphatic rings. The molecule has 0 amide bonds. The molecule has 0 aromatic carbocycles. The molecule has 0 fully saturated rings. The Labute approximate surface area is 142 Å². The van der Waals surface area contributed by atoms with Crippen molar-refractivity contribution in [3.63, 3.8) is 0 Å². The number of carbonyl (C=O) groups is 2. The van der Waals surface area contributed by atoms with Crippen LogP contribution in [0.5, 0.6) is 0 Å². The van der Waals surface area contributed by atoms with Gasteiger partial charge in [0, 0.05) is 6.08 Å². The molecule has 4 nitrogen and oxygen atoms in total. The molecule has 116 valence electrons. The molecule has 4 heteroatoms. The minimum Gasteiger partial charge on any atom is -0.468 e. The summed E-state index contributed by atoms with van der Waals surface area (Å²) in [6.07, 6.45) is 2.54. The van der Waals surface area contributed by atoms with Crippen LogP contribution in [0.25, 0.3) is 0 Å². The lowest BCUT2D eigenvalue weighted by molar-refractivity contribution is -0.139. The van der Waals surface area contributed by atoms with Gasteiger partial charge in [0.2, 0.25) is 0 Å². The normalized spacial score (nSPS) is 6.92. The van der Waals surface area contributed by atoms with E-state index in [0.29, 0.717) is 6.61 Å². The lowest BCUT2D eigenvalue weighted by Crippen LogP contribution is -1.98. The molecule has 0 saturated carbocycles. The molecular formula is C20H12O4. The number of allylic oxidation sites excluding steroid dienone is 1. The van der Waals surface area contributed by atoms with Gasteiger partial charge in [0.05, 0.1) is 13.7 Å². The largest absolute Gasteiger partial charge is 0.468 e. The Morgan fingerprint density at radius 1 is 0.875 bits per heavy atom. The van der Waals surface area contributed by atoms with Gasteiger partial charge in [-0.2, -0.15) is 0 Å². The van der Waals surface area contributed by atoms with Crippen molar-refractivity contribution in [3.05, 3.63) is 12.2 Å². The maximum absolute atomic E-state index is 10.9. The molecular weight excluding hydrogens is 304 g/mol. The standard InChI is InChI=1S/C20H12O4/c1-3-24-20(22)18-16-14-12-10-8-6-4-5-7-9-11-13-15-17-19(21)23-2/h16,18H,3,17H2,1-2H3. The highest BCUT2D eigenvalue weighted by Gasteiger charge is 1.92. The van der Waals surface area contributed by atoms with E-state index in [9.17, 15) is 9.59 Å². The number of rotatable bonds is 3. The summed E-state index contributed by atoms with van der Waals surface area (Å²) in [5, 5.41) is 0. The zero-order valence-electron chi connectivity index (χ0n) is 13.2. The molecule has 0 aliphatic heterocycles. The zero-order valence-corrected chi connectivity index (χ0v) is 13.2. The van der Waals surface area contributed by atoms with Gasteiger partial charge in [0.15, 0.2) is 0 Å². The minimum absolute atomic E-state index is 0.00990. The Hall–Kier alpha value is -3.96. The Morgan fingerprint density at radius 3 is 1.96 bits per heavy atom. The Bertz CT molecular complexity index is 852. The van der Waals surface area contributed by atoms with Gasteiger partial charge in [-0.15, -0.1) is 0 Å². The van der Waals surface area contributed by atoms with Gasteiger partial charge in [0.1, 0.15) is 6.42 Å². The van der Waals surface area contributed by atoms with Crippen LogP contribution in [0.1, 0.15) is 13.3 Å². The van der Waals surface area contributed by atoms with E-state index in [-0.39, 0.29) is 6.42 Å². The predicted octanol–water partition coefficient (Wildman–Crippen LogP) is 0.689.